The molecule has 3 atom stereocenters. The van der Waals surface area contributed by atoms with Crippen LogP contribution in [-0.2, 0) is 4.79 Å². The maximum atomic E-state index is 12.4. The van der Waals surface area contributed by atoms with Gasteiger partial charge in [0.05, 0.1) is 12.2 Å². The fourth-order valence-electron chi connectivity index (χ4n) is 2.74. The predicted molar refractivity (Wildman–Crippen MR) is 76.3 cm³/mol. The Morgan fingerprint density at radius 2 is 1.89 bits per heavy atom. The van der Waals surface area contributed by atoms with E-state index in [2.05, 4.69) is 44.8 Å². The molecule has 3 heteroatoms. The van der Waals surface area contributed by atoms with Gasteiger partial charge in [0.25, 0.3) is 0 Å². The first kappa shape index (κ1) is 15.5. The number of nitrogens with zero attached hydrogens (tertiary/aromatic N) is 1. The van der Waals surface area contributed by atoms with Crippen LogP contribution in [0, 0.1) is 5.92 Å². The Morgan fingerprint density at radius 3 is 2.39 bits per heavy atom. The van der Waals surface area contributed by atoms with Crippen LogP contribution in [-0.4, -0.2) is 29.1 Å². The second-order valence-electron chi connectivity index (χ2n) is 6.00. The lowest BCUT2D eigenvalue weighted by Gasteiger charge is -2.30. The van der Waals surface area contributed by atoms with E-state index in [1.807, 2.05) is 0 Å². The average Bonchev–Trinajstić information content (AvgIpc) is 2.63. The minimum atomic E-state index is 0.0445. The molecule has 0 bridgehead atoms. The molecule has 0 aromatic heterocycles. The summed E-state index contributed by atoms with van der Waals surface area (Å²) in [5.41, 5.74) is 0. The minimum Gasteiger partial charge on any atom is -0.323 e. The van der Waals surface area contributed by atoms with Gasteiger partial charge in [-0.25, -0.2) is 0 Å². The highest BCUT2D eigenvalue weighted by atomic mass is 16.2. The van der Waals surface area contributed by atoms with Crippen molar-refractivity contribution >= 4 is 5.91 Å². The van der Waals surface area contributed by atoms with Gasteiger partial charge >= 0.3 is 0 Å². The fraction of sp³-hybridized carbons (Fsp3) is 0.933. The molecule has 1 N–H and O–H groups in total. The maximum Gasteiger partial charge on any atom is 0.241 e. The summed E-state index contributed by atoms with van der Waals surface area (Å²) in [6, 6.07) is 0.406. The molecular weight excluding hydrogens is 224 g/mol. The lowest BCUT2D eigenvalue weighted by atomic mass is 10.0. The van der Waals surface area contributed by atoms with Gasteiger partial charge in [-0.15, -0.1) is 0 Å². The van der Waals surface area contributed by atoms with Crippen LogP contribution in [0.4, 0.5) is 0 Å². The Hall–Kier alpha value is -0.570. The Balaban J connectivity index is 2.65. The fourth-order valence-corrected chi connectivity index (χ4v) is 2.74. The Bertz CT molecular complexity index is 265. The normalized spacial score (nSPS) is 26.1. The summed E-state index contributed by atoms with van der Waals surface area (Å²) in [5.74, 6) is 1.02. The van der Waals surface area contributed by atoms with Gasteiger partial charge in [-0.2, -0.15) is 0 Å². The number of amides is 1. The summed E-state index contributed by atoms with van der Waals surface area (Å²) < 4.78 is 0. The van der Waals surface area contributed by atoms with Crippen LogP contribution in [0.5, 0.6) is 0 Å². The van der Waals surface area contributed by atoms with Crippen molar-refractivity contribution in [1.29, 1.82) is 0 Å². The van der Waals surface area contributed by atoms with Gasteiger partial charge in [-0.05, 0) is 38.5 Å². The second-order valence-corrected chi connectivity index (χ2v) is 6.00. The van der Waals surface area contributed by atoms with Crippen molar-refractivity contribution in [2.45, 2.75) is 85.0 Å². The zero-order valence-electron chi connectivity index (χ0n) is 12.7. The first-order valence-corrected chi connectivity index (χ1v) is 7.59. The van der Waals surface area contributed by atoms with Gasteiger partial charge in [-0.3, -0.25) is 10.1 Å². The van der Waals surface area contributed by atoms with Crippen molar-refractivity contribution in [3.05, 3.63) is 0 Å². The third-order valence-electron chi connectivity index (χ3n) is 3.89. The van der Waals surface area contributed by atoms with Crippen LogP contribution in [0.25, 0.3) is 0 Å². The standard InChI is InChI=1S/C15H30N2O/c1-6-8-14-16-13(7-2)15(18)17(14)12(5)10-9-11(3)4/h11-14,16H,6-10H2,1-5H3. The summed E-state index contributed by atoms with van der Waals surface area (Å²) in [5, 5.41) is 3.49. The highest BCUT2D eigenvalue weighted by molar-refractivity contribution is 5.84. The number of nitrogens with one attached hydrogen (secondary N) is 1. The quantitative estimate of drug-likeness (QED) is 0.757. The van der Waals surface area contributed by atoms with Crippen LogP contribution in [0.1, 0.15) is 66.7 Å². The Morgan fingerprint density at radius 1 is 1.22 bits per heavy atom. The van der Waals surface area contributed by atoms with E-state index in [4.69, 9.17) is 0 Å². The van der Waals surface area contributed by atoms with Gasteiger partial charge in [-0.1, -0.05) is 34.1 Å². The van der Waals surface area contributed by atoms with Gasteiger partial charge in [0.15, 0.2) is 0 Å². The average molecular weight is 254 g/mol. The molecule has 1 saturated heterocycles. The molecule has 3 unspecified atom stereocenters. The molecule has 18 heavy (non-hydrogen) atoms. The summed E-state index contributed by atoms with van der Waals surface area (Å²) in [7, 11) is 0. The highest BCUT2D eigenvalue weighted by Gasteiger charge is 2.39. The smallest absolute Gasteiger partial charge is 0.241 e. The molecule has 0 aromatic carbocycles. The second kappa shape index (κ2) is 7.13. The number of hydrogen-bond donors (Lipinski definition) is 1. The molecular formula is C15H30N2O. The van der Waals surface area contributed by atoms with Gasteiger partial charge in [0, 0.05) is 6.04 Å². The third kappa shape index (κ3) is 3.71. The molecule has 1 amide bonds. The largest absolute Gasteiger partial charge is 0.323 e. The lowest BCUT2D eigenvalue weighted by molar-refractivity contribution is -0.132. The number of hydrogen-bond acceptors (Lipinski definition) is 2. The van der Waals surface area contributed by atoms with Crippen LogP contribution >= 0.6 is 0 Å². The van der Waals surface area contributed by atoms with Crippen molar-refractivity contribution in [3.8, 4) is 0 Å². The molecule has 1 fully saturated rings. The van der Waals surface area contributed by atoms with Crippen molar-refractivity contribution in [2.24, 2.45) is 5.92 Å². The molecule has 106 valence electrons. The Kier molecular flexibility index (Phi) is 6.13. The molecule has 0 radical (unpaired) electrons. The zero-order valence-corrected chi connectivity index (χ0v) is 12.7. The van der Waals surface area contributed by atoms with E-state index in [0.29, 0.717) is 17.9 Å². The molecule has 0 saturated carbocycles. The van der Waals surface area contributed by atoms with Crippen molar-refractivity contribution in [2.75, 3.05) is 0 Å². The van der Waals surface area contributed by atoms with Gasteiger partial charge < -0.3 is 4.90 Å². The SMILES string of the molecule is CCCC1NC(CC)C(=O)N1C(C)CCC(C)C. The van der Waals surface area contributed by atoms with Gasteiger partial charge in [0.2, 0.25) is 5.91 Å². The summed E-state index contributed by atoms with van der Waals surface area (Å²) in [4.78, 5) is 14.5. The van der Waals surface area contributed by atoms with Crippen LogP contribution in [0.3, 0.4) is 0 Å². The Labute approximate surface area is 112 Å². The van der Waals surface area contributed by atoms with Crippen molar-refractivity contribution in [3.63, 3.8) is 0 Å². The number of carbonyl (C=O) groups excluding carboxylic acids is 1. The molecule has 0 aliphatic carbocycles. The summed E-state index contributed by atoms with van der Waals surface area (Å²) in [6.45, 7) is 11.0. The van der Waals surface area contributed by atoms with Crippen LogP contribution < -0.4 is 5.32 Å². The monoisotopic (exact) mass is 254 g/mol. The lowest BCUT2D eigenvalue weighted by Crippen LogP contribution is -2.43. The van der Waals surface area contributed by atoms with E-state index in [1.165, 1.54) is 6.42 Å². The van der Waals surface area contributed by atoms with E-state index in [0.717, 1.165) is 25.7 Å². The van der Waals surface area contributed by atoms with E-state index in [9.17, 15) is 4.79 Å². The first-order valence-electron chi connectivity index (χ1n) is 7.59. The molecule has 0 aromatic rings. The van der Waals surface area contributed by atoms with Gasteiger partial charge in [0.1, 0.15) is 0 Å². The van der Waals surface area contributed by atoms with Crippen molar-refractivity contribution in [1.82, 2.24) is 10.2 Å². The maximum absolute atomic E-state index is 12.4. The molecule has 1 heterocycles. The summed E-state index contributed by atoms with van der Waals surface area (Å²) in [6.07, 6.45) is 5.65. The van der Waals surface area contributed by atoms with E-state index >= 15 is 0 Å². The number of carbonyl (C=O) groups is 1. The third-order valence-corrected chi connectivity index (χ3v) is 3.89. The molecule has 1 aliphatic heterocycles. The molecule has 3 nitrogen and oxygen atoms in total. The topological polar surface area (TPSA) is 32.3 Å². The molecule has 1 aliphatic rings. The van der Waals surface area contributed by atoms with E-state index < -0.39 is 0 Å². The van der Waals surface area contributed by atoms with E-state index in [1.54, 1.807) is 0 Å². The summed E-state index contributed by atoms with van der Waals surface area (Å²) >= 11 is 0. The van der Waals surface area contributed by atoms with E-state index in [-0.39, 0.29) is 12.2 Å². The molecule has 1 rings (SSSR count). The predicted octanol–water partition coefficient (Wildman–Crippen LogP) is 3.15. The van der Waals surface area contributed by atoms with Crippen LogP contribution in [0.15, 0.2) is 0 Å². The van der Waals surface area contributed by atoms with Crippen LogP contribution in [0.2, 0.25) is 0 Å². The first-order chi connectivity index (χ1) is 8.51. The minimum absolute atomic E-state index is 0.0445. The number of rotatable bonds is 7. The van der Waals surface area contributed by atoms with Crippen molar-refractivity contribution < 1.29 is 4.79 Å². The molecule has 0 spiro atoms. The zero-order chi connectivity index (χ0) is 13.7. The highest BCUT2D eigenvalue weighted by Crippen LogP contribution is 2.23.